The van der Waals surface area contributed by atoms with Gasteiger partial charge < -0.3 is 14.5 Å². The molecule has 0 aromatic heterocycles. The zero-order valence-corrected chi connectivity index (χ0v) is 26.0. The van der Waals surface area contributed by atoms with Gasteiger partial charge in [0.15, 0.2) is 0 Å². The van der Waals surface area contributed by atoms with Gasteiger partial charge >= 0.3 is 0 Å². The van der Waals surface area contributed by atoms with Crippen LogP contribution in [0.1, 0.15) is 54.1 Å². The first-order valence-corrected chi connectivity index (χ1v) is 15.9. The fourth-order valence-corrected chi connectivity index (χ4v) is 6.17. The second-order valence-electron chi connectivity index (χ2n) is 11.6. The summed E-state index contributed by atoms with van der Waals surface area (Å²) in [7, 11) is 0. The number of rotatable bonds is 7. The first-order chi connectivity index (χ1) is 21.0. The molecule has 2 aliphatic heterocycles. The molecule has 228 valence electrons. The minimum absolute atomic E-state index is 0.0360. The molecule has 5 rings (SSSR count). The molecule has 0 unspecified atom stereocenters. The van der Waals surface area contributed by atoms with Gasteiger partial charge in [0.2, 0.25) is 5.91 Å². The molecule has 8 heteroatoms. The van der Waals surface area contributed by atoms with E-state index in [2.05, 4.69) is 34.1 Å². The molecule has 7 nitrogen and oxygen atoms in total. The van der Waals surface area contributed by atoms with Crippen molar-refractivity contribution in [2.45, 2.75) is 45.7 Å². The van der Waals surface area contributed by atoms with Crippen molar-refractivity contribution >= 4 is 29.1 Å². The van der Waals surface area contributed by atoms with Crippen LogP contribution < -0.4 is 9.64 Å². The van der Waals surface area contributed by atoms with Gasteiger partial charge in [-0.1, -0.05) is 54.4 Å². The second-order valence-corrected chi connectivity index (χ2v) is 12.0. The Balaban J connectivity index is 1.34. The van der Waals surface area contributed by atoms with Crippen molar-refractivity contribution in [3.8, 4) is 5.75 Å². The Bertz CT molecular complexity index is 1340. The maximum atomic E-state index is 14.0. The molecule has 0 spiro atoms. The lowest BCUT2D eigenvalue weighted by Crippen LogP contribution is -2.38. The standard InChI is InChI=1S/C35H43ClN4O3/c1-28(41)40-20-8-19-38(26-29-9-4-2-5-10-29)21-22-39(27-31-11-14-32(36)25-34(31)40)35(42)30-12-15-33(16-13-30)43-24-23-37-17-6-3-7-18-37/h2,4-5,9-16,25H,3,6-8,17-24,26-27H2,1H3. The van der Waals surface area contributed by atoms with Gasteiger partial charge in [0.25, 0.3) is 5.91 Å². The van der Waals surface area contributed by atoms with E-state index in [4.69, 9.17) is 16.3 Å². The molecule has 1 saturated heterocycles. The molecule has 0 N–H and O–H groups in total. The van der Waals surface area contributed by atoms with Gasteiger partial charge in [-0.15, -0.1) is 0 Å². The Hall–Kier alpha value is -3.39. The topological polar surface area (TPSA) is 56.3 Å². The number of anilines is 1. The number of ether oxygens (including phenoxy) is 1. The predicted molar refractivity (Wildman–Crippen MR) is 173 cm³/mol. The number of likely N-dealkylation sites (tertiary alicyclic amines) is 1. The van der Waals surface area contributed by atoms with Crippen LogP contribution >= 0.6 is 11.6 Å². The quantitative estimate of drug-likeness (QED) is 0.327. The lowest BCUT2D eigenvalue weighted by molar-refractivity contribution is -0.116. The maximum absolute atomic E-state index is 14.0. The van der Waals surface area contributed by atoms with E-state index in [9.17, 15) is 9.59 Å². The molecule has 0 radical (unpaired) electrons. The van der Waals surface area contributed by atoms with E-state index in [-0.39, 0.29) is 11.8 Å². The Kier molecular flexibility index (Phi) is 11.1. The maximum Gasteiger partial charge on any atom is 0.254 e. The summed E-state index contributed by atoms with van der Waals surface area (Å²) in [6.07, 6.45) is 4.66. The van der Waals surface area contributed by atoms with Crippen molar-refractivity contribution in [2.75, 3.05) is 57.3 Å². The normalized spacial score (nSPS) is 17.2. The van der Waals surface area contributed by atoms with Gasteiger partial charge in [-0.2, -0.15) is 0 Å². The van der Waals surface area contributed by atoms with E-state index >= 15 is 0 Å². The smallest absolute Gasteiger partial charge is 0.254 e. The average molecular weight is 603 g/mol. The fourth-order valence-electron chi connectivity index (χ4n) is 6.01. The van der Waals surface area contributed by atoms with Crippen molar-refractivity contribution in [3.63, 3.8) is 0 Å². The van der Waals surface area contributed by atoms with E-state index in [0.717, 1.165) is 62.7 Å². The summed E-state index contributed by atoms with van der Waals surface area (Å²) in [5, 5.41) is 0.569. The summed E-state index contributed by atoms with van der Waals surface area (Å²) >= 11 is 6.41. The molecule has 3 aromatic rings. The third-order valence-electron chi connectivity index (χ3n) is 8.38. The molecule has 2 amide bonds. The van der Waals surface area contributed by atoms with Crippen molar-refractivity contribution in [1.82, 2.24) is 14.7 Å². The predicted octanol–water partition coefficient (Wildman–Crippen LogP) is 6.11. The first-order valence-electron chi connectivity index (χ1n) is 15.5. The van der Waals surface area contributed by atoms with Crippen LogP contribution in [-0.2, 0) is 17.9 Å². The Morgan fingerprint density at radius 2 is 1.53 bits per heavy atom. The van der Waals surface area contributed by atoms with Crippen molar-refractivity contribution in [3.05, 3.63) is 94.5 Å². The zero-order chi connectivity index (χ0) is 30.0. The molecule has 3 aromatic carbocycles. The molecule has 2 heterocycles. The highest BCUT2D eigenvalue weighted by atomic mass is 35.5. The van der Waals surface area contributed by atoms with E-state index in [1.54, 1.807) is 11.8 Å². The lowest BCUT2D eigenvalue weighted by Gasteiger charge is -2.28. The van der Waals surface area contributed by atoms with Crippen LogP contribution in [0.5, 0.6) is 5.75 Å². The highest BCUT2D eigenvalue weighted by Crippen LogP contribution is 2.28. The van der Waals surface area contributed by atoms with E-state index in [0.29, 0.717) is 36.8 Å². The van der Waals surface area contributed by atoms with Gasteiger partial charge in [0.05, 0.1) is 5.69 Å². The third kappa shape index (κ3) is 8.82. The van der Waals surface area contributed by atoms with Gasteiger partial charge in [-0.25, -0.2) is 0 Å². The number of hydrogen-bond donors (Lipinski definition) is 0. The highest BCUT2D eigenvalue weighted by Gasteiger charge is 2.24. The van der Waals surface area contributed by atoms with E-state index < -0.39 is 0 Å². The fraction of sp³-hybridized carbons (Fsp3) is 0.429. The van der Waals surface area contributed by atoms with Crippen molar-refractivity contribution in [2.24, 2.45) is 0 Å². The number of carbonyl (C=O) groups excluding carboxylic acids is 2. The number of nitrogens with zero attached hydrogens (tertiary/aromatic N) is 4. The molecular weight excluding hydrogens is 560 g/mol. The molecule has 0 saturated carbocycles. The van der Waals surface area contributed by atoms with Gasteiger partial charge in [0.1, 0.15) is 12.4 Å². The summed E-state index contributed by atoms with van der Waals surface area (Å²) < 4.78 is 6.01. The number of carbonyl (C=O) groups is 2. The van der Waals surface area contributed by atoms with Crippen LogP contribution in [0.15, 0.2) is 72.8 Å². The molecule has 0 bridgehead atoms. The van der Waals surface area contributed by atoms with Crippen LogP contribution in [0.2, 0.25) is 5.02 Å². The number of piperidine rings is 1. The number of fused-ring (bicyclic) bond motifs is 1. The number of benzene rings is 3. The van der Waals surface area contributed by atoms with Crippen molar-refractivity contribution < 1.29 is 14.3 Å². The van der Waals surface area contributed by atoms with E-state index in [1.165, 1.54) is 24.8 Å². The van der Waals surface area contributed by atoms with Gasteiger partial charge in [-0.3, -0.25) is 19.4 Å². The van der Waals surface area contributed by atoms with Crippen LogP contribution in [-0.4, -0.2) is 78.9 Å². The van der Waals surface area contributed by atoms with Crippen LogP contribution in [0.25, 0.3) is 0 Å². The number of halogens is 1. The average Bonchev–Trinajstić information content (AvgIpc) is 3.05. The number of amides is 2. The monoisotopic (exact) mass is 602 g/mol. The third-order valence-corrected chi connectivity index (χ3v) is 8.62. The van der Waals surface area contributed by atoms with Gasteiger partial charge in [-0.05, 0) is 79.9 Å². The minimum atomic E-state index is -0.0472. The Morgan fingerprint density at radius 3 is 2.28 bits per heavy atom. The highest BCUT2D eigenvalue weighted by molar-refractivity contribution is 6.31. The zero-order valence-electron chi connectivity index (χ0n) is 25.2. The van der Waals surface area contributed by atoms with E-state index in [1.807, 2.05) is 53.4 Å². The van der Waals surface area contributed by atoms with Gasteiger partial charge in [0, 0.05) is 63.3 Å². The second kappa shape index (κ2) is 15.4. The molecule has 0 atom stereocenters. The summed E-state index contributed by atoms with van der Waals surface area (Å²) in [4.78, 5) is 35.3. The minimum Gasteiger partial charge on any atom is -0.492 e. The van der Waals surface area contributed by atoms with Crippen LogP contribution in [0.3, 0.4) is 0 Å². The Morgan fingerprint density at radius 1 is 0.791 bits per heavy atom. The molecule has 2 aliphatic rings. The first kappa shape index (κ1) is 31.0. The summed E-state index contributed by atoms with van der Waals surface area (Å²) in [5.41, 5.74) is 3.52. The van der Waals surface area contributed by atoms with Crippen LogP contribution in [0.4, 0.5) is 5.69 Å². The molecule has 43 heavy (non-hydrogen) atoms. The molecule has 1 fully saturated rings. The largest absolute Gasteiger partial charge is 0.492 e. The summed E-state index contributed by atoms with van der Waals surface area (Å²) in [6, 6.07) is 23.5. The lowest BCUT2D eigenvalue weighted by atomic mass is 10.1. The summed E-state index contributed by atoms with van der Waals surface area (Å²) in [6.45, 7) is 9.28. The summed E-state index contributed by atoms with van der Waals surface area (Å²) in [5.74, 6) is 0.692. The van der Waals surface area contributed by atoms with Crippen LogP contribution in [0, 0.1) is 0 Å². The van der Waals surface area contributed by atoms with Crippen molar-refractivity contribution in [1.29, 1.82) is 0 Å². The SMILES string of the molecule is CC(=O)N1CCCN(Cc2ccccc2)CCN(C(=O)c2ccc(OCCN3CCCCC3)cc2)Cc2ccc(Cl)cc21. The molecule has 0 aliphatic carbocycles. The number of hydrogen-bond acceptors (Lipinski definition) is 5. The molecular formula is C35H43ClN4O3. The Labute approximate surface area is 261 Å².